The van der Waals surface area contributed by atoms with Crippen LogP contribution in [0.4, 0.5) is 11.8 Å². The van der Waals surface area contributed by atoms with E-state index in [0.29, 0.717) is 36.1 Å². The van der Waals surface area contributed by atoms with Gasteiger partial charge in [-0.25, -0.2) is 4.98 Å². The van der Waals surface area contributed by atoms with Crippen molar-refractivity contribution in [3.8, 4) is 5.75 Å². The molecule has 4 heterocycles. The van der Waals surface area contributed by atoms with Crippen LogP contribution >= 0.6 is 0 Å². The van der Waals surface area contributed by atoms with E-state index in [-0.39, 0.29) is 5.95 Å². The van der Waals surface area contributed by atoms with Crippen LogP contribution in [0, 0.1) is 6.92 Å². The van der Waals surface area contributed by atoms with Gasteiger partial charge < -0.3 is 25.6 Å². The van der Waals surface area contributed by atoms with Gasteiger partial charge in [0, 0.05) is 45.2 Å². The Hall–Kier alpha value is -3.77. The Morgan fingerprint density at radius 1 is 1.18 bits per heavy atom. The Kier molecular flexibility index (Phi) is 6.23. The summed E-state index contributed by atoms with van der Waals surface area (Å²) in [6, 6.07) is 6.35. The zero-order valence-electron chi connectivity index (χ0n) is 19.3. The van der Waals surface area contributed by atoms with Crippen LogP contribution in [0.5, 0.6) is 5.75 Å². The van der Waals surface area contributed by atoms with E-state index in [0.717, 1.165) is 49.6 Å². The maximum absolute atomic E-state index is 5.92. The van der Waals surface area contributed by atoms with Crippen LogP contribution in [0.3, 0.4) is 0 Å². The summed E-state index contributed by atoms with van der Waals surface area (Å²) in [4.78, 5) is 15.4. The van der Waals surface area contributed by atoms with Gasteiger partial charge >= 0.3 is 0 Å². The Morgan fingerprint density at radius 2 is 2.03 bits per heavy atom. The third-order valence-electron chi connectivity index (χ3n) is 5.78. The molecule has 12 heteroatoms. The third kappa shape index (κ3) is 4.77. The number of hydrogen-bond donors (Lipinski definition) is 3. The molecule has 1 aliphatic rings. The summed E-state index contributed by atoms with van der Waals surface area (Å²) < 4.78 is 12.6. The normalized spacial score (nSPS) is 14.5. The number of methoxy groups -OCH3 is 1. The first kappa shape index (κ1) is 22.0. The molecule has 4 N–H and O–H groups in total. The first-order chi connectivity index (χ1) is 16.6. The van der Waals surface area contributed by atoms with Gasteiger partial charge in [0.25, 0.3) is 0 Å². The van der Waals surface area contributed by atoms with Crippen molar-refractivity contribution in [2.24, 2.45) is 0 Å². The molecule has 0 bridgehead atoms. The lowest BCUT2D eigenvalue weighted by Crippen LogP contribution is -2.42. The number of ether oxygens (including phenoxy) is 1. The fraction of sp³-hybridized carbons (Fsp3) is 0.409. The highest BCUT2D eigenvalue weighted by Gasteiger charge is 2.16. The number of anilines is 2. The van der Waals surface area contributed by atoms with Crippen molar-refractivity contribution < 1.29 is 9.26 Å². The number of nitrogens with two attached hydrogens (primary N) is 1. The van der Waals surface area contributed by atoms with Crippen molar-refractivity contribution >= 4 is 22.8 Å². The maximum Gasteiger partial charge on any atom is 0.223 e. The van der Waals surface area contributed by atoms with E-state index in [1.54, 1.807) is 20.2 Å². The second-order valence-electron chi connectivity index (χ2n) is 8.22. The summed E-state index contributed by atoms with van der Waals surface area (Å²) in [5.74, 6) is 2.56. The van der Waals surface area contributed by atoms with E-state index in [4.69, 9.17) is 15.0 Å². The number of aryl methyl sites for hydroxylation is 1. The van der Waals surface area contributed by atoms with Gasteiger partial charge in [-0.1, -0.05) is 17.3 Å². The zero-order valence-corrected chi connectivity index (χ0v) is 19.3. The largest absolute Gasteiger partial charge is 0.496 e. The van der Waals surface area contributed by atoms with E-state index in [1.165, 1.54) is 5.56 Å². The first-order valence-corrected chi connectivity index (χ1v) is 11.2. The summed E-state index contributed by atoms with van der Waals surface area (Å²) in [7, 11) is 1.69. The van der Waals surface area contributed by atoms with Crippen LogP contribution in [0.15, 0.2) is 28.9 Å². The van der Waals surface area contributed by atoms with E-state index in [2.05, 4.69) is 58.9 Å². The van der Waals surface area contributed by atoms with Crippen LogP contribution in [-0.2, 0) is 19.6 Å². The van der Waals surface area contributed by atoms with E-state index < -0.39 is 0 Å². The highest BCUT2D eigenvalue weighted by Crippen LogP contribution is 2.26. The minimum Gasteiger partial charge on any atom is -0.496 e. The highest BCUT2D eigenvalue weighted by atomic mass is 16.5. The molecule has 0 amide bonds. The lowest BCUT2D eigenvalue weighted by Gasteiger charge is -2.27. The number of hydrogen-bond acceptors (Lipinski definition) is 11. The van der Waals surface area contributed by atoms with Gasteiger partial charge in [-0.3, -0.25) is 9.58 Å². The molecule has 0 atom stereocenters. The summed E-state index contributed by atoms with van der Waals surface area (Å²) >= 11 is 0. The van der Waals surface area contributed by atoms with Crippen LogP contribution < -0.4 is 21.1 Å². The SMILES string of the molecule is COc1cc(CN2CCNCC2)ccc1Cn1ncc2nc(N)nc(NCc3noc(C)n3)c21. The number of nitrogens with one attached hydrogen (secondary N) is 2. The molecule has 1 aromatic carbocycles. The molecule has 34 heavy (non-hydrogen) atoms. The summed E-state index contributed by atoms with van der Waals surface area (Å²) in [5, 5.41) is 15.1. The van der Waals surface area contributed by atoms with Crippen molar-refractivity contribution in [1.82, 2.24) is 40.1 Å². The fourth-order valence-corrected chi connectivity index (χ4v) is 4.14. The van der Waals surface area contributed by atoms with E-state index >= 15 is 0 Å². The fourth-order valence-electron chi connectivity index (χ4n) is 4.14. The maximum atomic E-state index is 5.92. The second kappa shape index (κ2) is 9.61. The predicted octanol–water partition coefficient (Wildman–Crippen LogP) is 1.17. The molecule has 12 nitrogen and oxygen atoms in total. The van der Waals surface area contributed by atoms with Gasteiger partial charge in [-0.15, -0.1) is 0 Å². The Bertz CT molecular complexity index is 1280. The Morgan fingerprint density at radius 3 is 2.79 bits per heavy atom. The number of benzene rings is 1. The molecule has 1 aliphatic heterocycles. The molecule has 5 rings (SSSR count). The van der Waals surface area contributed by atoms with Crippen molar-refractivity contribution in [3.05, 3.63) is 47.2 Å². The molecule has 3 aromatic heterocycles. The molecule has 178 valence electrons. The van der Waals surface area contributed by atoms with Gasteiger partial charge in [-0.05, 0) is 11.6 Å². The minimum absolute atomic E-state index is 0.161. The molecule has 0 saturated carbocycles. The summed E-state index contributed by atoms with van der Waals surface area (Å²) in [6.07, 6.45) is 1.68. The monoisotopic (exact) mass is 464 g/mol. The van der Waals surface area contributed by atoms with Crippen molar-refractivity contribution in [2.75, 3.05) is 44.3 Å². The zero-order chi connectivity index (χ0) is 23.5. The van der Waals surface area contributed by atoms with E-state index in [9.17, 15) is 0 Å². The molecule has 4 aromatic rings. The number of aromatic nitrogens is 6. The number of rotatable bonds is 8. The third-order valence-corrected chi connectivity index (χ3v) is 5.78. The smallest absolute Gasteiger partial charge is 0.223 e. The van der Waals surface area contributed by atoms with Gasteiger partial charge in [0.1, 0.15) is 16.8 Å². The summed E-state index contributed by atoms with van der Waals surface area (Å²) in [5.41, 5.74) is 9.54. The van der Waals surface area contributed by atoms with Gasteiger partial charge in [-0.2, -0.15) is 15.1 Å². The van der Waals surface area contributed by atoms with Gasteiger partial charge in [0.2, 0.25) is 11.8 Å². The molecule has 0 spiro atoms. The second-order valence-corrected chi connectivity index (χ2v) is 8.22. The molecule has 1 fully saturated rings. The average molecular weight is 465 g/mol. The standard InChI is InChI=1S/C22H28N10O2/c1-14-27-19(30-34-14)11-25-21-20-17(28-22(23)29-21)10-26-32(20)13-16-4-3-15(9-18(16)33-2)12-31-7-5-24-6-8-31/h3-4,9-10,24H,5-8,11-13H2,1-2H3,(H3,23,25,28,29). The molecular formula is C22H28N10O2. The van der Waals surface area contributed by atoms with E-state index in [1.807, 2.05) is 4.68 Å². The number of piperazine rings is 1. The van der Waals surface area contributed by atoms with Crippen molar-refractivity contribution in [2.45, 2.75) is 26.6 Å². The Balaban J connectivity index is 1.39. The van der Waals surface area contributed by atoms with Crippen LogP contribution in [0.2, 0.25) is 0 Å². The first-order valence-electron chi connectivity index (χ1n) is 11.2. The van der Waals surface area contributed by atoms with Crippen LogP contribution in [0.25, 0.3) is 11.0 Å². The quantitative estimate of drug-likeness (QED) is 0.345. The molecule has 1 saturated heterocycles. The number of fused-ring (bicyclic) bond motifs is 1. The highest BCUT2D eigenvalue weighted by molar-refractivity contribution is 5.86. The van der Waals surface area contributed by atoms with Gasteiger partial charge in [0.05, 0.1) is 26.4 Å². The lowest BCUT2D eigenvalue weighted by molar-refractivity contribution is 0.233. The molecule has 0 unspecified atom stereocenters. The van der Waals surface area contributed by atoms with Crippen LogP contribution in [-0.4, -0.2) is 68.1 Å². The Labute approximate surface area is 196 Å². The van der Waals surface area contributed by atoms with Crippen molar-refractivity contribution in [3.63, 3.8) is 0 Å². The minimum atomic E-state index is 0.161. The predicted molar refractivity (Wildman–Crippen MR) is 126 cm³/mol. The topological polar surface area (TPSA) is 145 Å². The number of nitrogens with zero attached hydrogens (tertiary/aromatic N) is 7. The lowest BCUT2D eigenvalue weighted by atomic mass is 10.1. The van der Waals surface area contributed by atoms with Crippen molar-refractivity contribution in [1.29, 1.82) is 0 Å². The molecule has 0 radical (unpaired) electrons. The van der Waals surface area contributed by atoms with Gasteiger partial charge in [0.15, 0.2) is 11.6 Å². The summed E-state index contributed by atoms with van der Waals surface area (Å²) in [6.45, 7) is 7.61. The van der Waals surface area contributed by atoms with Crippen LogP contribution in [0.1, 0.15) is 22.8 Å². The number of nitrogen functional groups attached to an aromatic ring is 1. The molecular weight excluding hydrogens is 436 g/mol. The molecule has 0 aliphatic carbocycles. The average Bonchev–Trinajstić information content (AvgIpc) is 3.44.